The molecule has 0 N–H and O–H groups in total. The van der Waals surface area contributed by atoms with E-state index >= 15 is 0 Å². The van der Waals surface area contributed by atoms with Crippen molar-refractivity contribution in [3.05, 3.63) is 40.2 Å². The molecule has 0 saturated carbocycles. The molecule has 140 valence electrons. The molecule has 2 aliphatic heterocycles. The molecule has 7 heteroatoms. The standard InChI is InChI=1S/C19H25N3O4/c1-11-7-15(13(3)25-11)19(23)22-9-17-18(10-22)24-6-5-21(17)8-16-12(2)20-26-14(16)4/h7,17-18H,5-6,8-10H2,1-4H3/t17-,18+/m1/s1. The molecule has 4 heterocycles. The lowest BCUT2D eigenvalue weighted by molar-refractivity contribution is -0.0505. The van der Waals surface area contributed by atoms with E-state index in [-0.39, 0.29) is 18.1 Å². The van der Waals surface area contributed by atoms with Crippen LogP contribution in [0.25, 0.3) is 0 Å². The van der Waals surface area contributed by atoms with E-state index in [2.05, 4.69) is 10.1 Å². The molecule has 0 unspecified atom stereocenters. The molecule has 26 heavy (non-hydrogen) atoms. The monoisotopic (exact) mass is 359 g/mol. The van der Waals surface area contributed by atoms with Crippen molar-refractivity contribution in [3.63, 3.8) is 0 Å². The first kappa shape index (κ1) is 17.3. The van der Waals surface area contributed by atoms with Gasteiger partial charge in [0.15, 0.2) is 0 Å². The molecular weight excluding hydrogens is 334 g/mol. The van der Waals surface area contributed by atoms with Gasteiger partial charge in [0, 0.05) is 31.7 Å². The highest BCUT2D eigenvalue weighted by Crippen LogP contribution is 2.28. The van der Waals surface area contributed by atoms with Crippen molar-refractivity contribution in [1.29, 1.82) is 0 Å². The van der Waals surface area contributed by atoms with Crippen LogP contribution in [-0.2, 0) is 11.3 Å². The number of aromatic nitrogens is 1. The first-order valence-electron chi connectivity index (χ1n) is 9.07. The molecular formula is C19H25N3O4. The highest BCUT2D eigenvalue weighted by atomic mass is 16.5. The number of furan rings is 1. The number of hydrogen-bond donors (Lipinski definition) is 0. The number of amides is 1. The highest BCUT2D eigenvalue weighted by molar-refractivity contribution is 5.95. The van der Waals surface area contributed by atoms with Crippen molar-refractivity contribution in [2.24, 2.45) is 0 Å². The van der Waals surface area contributed by atoms with Gasteiger partial charge in [-0.05, 0) is 33.8 Å². The second kappa shape index (κ2) is 6.55. The van der Waals surface area contributed by atoms with Crippen LogP contribution in [-0.4, -0.2) is 59.3 Å². The van der Waals surface area contributed by atoms with Gasteiger partial charge < -0.3 is 18.6 Å². The van der Waals surface area contributed by atoms with E-state index in [0.717, 1.165) is 35.9 Å². The largest absolute Gasteiger partial charge is 0.466 e. The third kappa shape index (κ3) is 2.95. The summed E-state index contributed by atoms with van der Waals surface area (Å²) in [4.78, 5) is 17.2. The van der Waals surface area contributed by atoms with E-state index in [0.29, 0.717) is 31.0 Å². The van der Waals surface area contributed by atoms with E-state index in [1.165, 1.54) is 0 Å². The summed E-state index contributed by atoms with van der Waals surface area (Å²) >= 11 is 0. The number of nitrogens with zero attached hydrogens (tertiary/aromatic N) is 3. The molecule has 7 nitrogen and oxygen atoms in total. The summed E-state index contributed by atoms with van der Waals surface area (Å²) in [6.45, 7) is 11.2. The number of fused-ring (bicyclic) bond motifs is 1. The molecule has 2 atom stereocenters. The number of morpholine rings is 1. The van der Waals surface area contributed by atoms with Gasteiger partial charge in [-0.25, -0.2) is 0 Å². The maximum absolute atomic E-state index is 12.9. The Kier molecular flexibility index (Phi) is 4.36. The number of ether oxygens (including phenoxy) is 1. The SMILES string of the molecule is Cc1cc(C(=O)N2C[C@@H]3OCCN(Cc4c(C)noc4C)[C@@H]3C2)c(C)o1. The van der Waals surface area contributed by atoms with Crippen LogP contribution >= 0.6 is 0 Å². The van der Waals surface area contributed by atoms with Gasteiger partial charge in [-0.15, -0.1) is 0 Å². The molecule has 2 saturated heterocycles. The Labute approximate surface area is 152 Å². The fraction of sp³-hybridized carbons (Fsp3) is 0.579. The Morgan fingerprint density at radius 3 is 2.69 bits per heavy atom. The second-order valence-electron chi connectivity index (χ2n) is 7.29. The lowest BCUT2D eigenvalue weighted by Crippen LogP contribution is -2.50. The fourth-order valence-electron chi connectivity index (χ4n) is 4.06. The van der Waals surface area contributed by atoms with E-state index in [1.807, 2.05) is 38.7 Å². The molecule has 2 aliphatic rings. The van der Waals surface area contributed by atoms with Crippen molar-refractivity contribution >= 4 is 5.91 Å². The summed E-state index contributed by atoms with van der Waals surface area (Å²) in [5.74, 6) is 2.32. The van der Waals surface area contributed by atoms with E-state index in [4.69, 9.17) is 13.7 Å². The number of likely N-dealkylation sites (tertiary alicyclic amines) is 1. The predicted octanol–water partition coefficient (Wildman–Crippen LogP) is 2.23. The predicted molar refractivity (Wildman–Crippen MR) is 94.0 cm³/mol. The lowest BCUT2D eigenvalue weighted by Gasteiger charge is -2.36. The molecule has 2 aromatic heterocycles. The zero-order chi connectivity index (χ0) is 18.4. The van der Waals surface area contributed by atoms with Crippen LogP contribution in [0.5, 0.6) is 0 Å². The number of aryl methyl sites for hydroxylation is 4. The van der Waals surface area contributed by atoms with E-state index in [1.54, 1.807) is 0 Å². The Morgan fingerprint density at radius 1 is 1.23 bits per heavy atom. The number of carbonyl (C=O) groups is 1. The lowest BCUT2D eigenvalue weighted by atomic mass is 10.1. The van der Waals surface area contributed by atoms with Crippen molar-refractivity contribution in [1.82, 2.24) is 15.0 Å². The molecule has 0 radical (unpaired) electrons. The van der Waals surface area contributed by atoms with Gasteiger partial charge in [0.1, 0.15) is 17.3 Å². The Morgan fingerprint density at radius 2 is 2.04 bits per heavy atom. The molecule has 1 amide bonds. The first-order chi connectivity index (χ1) is 12.4. The van der Waals surface area contributed by atoms with Gasteiger partial charge >= 0.3 is 0 Å². The minimum atomic E-state index is 0.0228. The first-order valence-corrected chi connectivity index (χ1v) is 9.07. The summed E-state index contributed by atoms with van der Waals surface area (Å²) in [6, 6.07) is 2.01. The van der Waals surface area contributed by atoms with E-state index < -0.39 is 0 Å². The molecule has 0 aliphatic carbocycles. The highest BCUT2D eigenvalue weighted by Gasteiger charge is 2.42. The van der Waals surface area contributed by atoms with Crippen LogP contribution in [0.3, 0.4) is 0 Å². The maximum Gasteiger partial charge on any atom is 0.257 e. The number of rotatable bonds is 3. The smallest absolute Gasteiger partial charge is 0.257 e. The Bertz CT molecular complexity index is 805. The minimum absolute atomic E-state index is 0.0228. The van der Waals surface area contributed by atoms with Gasteiger partial charge in [-0.2, -0.15) is 0 Å². The molecule has 4 rings (SSSR count). The van der Waals surface area contributed by atoms with Crippen LogP contribution in [0.15, 0.2) is 15.0 Å². The third-order valence-electron chi connectivity index (χ3n) is 5.52. The Hall–Kier alpha value is -2.12. The van der Waals surface area contributed by atoms with Crippen molar-refractivity contribution < 1.29 is 18.5 Å². The fourth-order valence-corrected chi connectivity index (χ4v) is 4.06. The number of carbonyl (C=O) groups excluding carboxylic acids is 1. The Balaban J connectivity index is 1.51. The molecule has 0 bridgehead atoms. The van der Waals surface area contributed by atoms with Crippen LogP contribution in [0.4, 0.5) is 0 Å². The van der Waals surface area contributed by atoms with Crippen LogP contribution in [0.1, 0.15) is 38.9 Å². The minimum Gasteiger partial charge on any atom is -0.466 e. The van der Waals surface area contributed by atoms with Crippen molar-refractivity contribution in [3.8, 4) is 0 Å². The van der Waals surface area contributed by atoms with Crippen molar-refractivity contribution in [2.45, 2.75) is 46.4 Å². The summed E-state index contributed by atoms with van der Waals surface area (Å²) in [5.41, 5.74) is 2.72. The van der Waals surface area contributed by atoms with Crippen LogP contribution < -0.4 is 0 Å². The van der Waals surface area contributed by atoms with Crippen LogP contribution in [0, 0.1) is 27.7 Å². The average Bonchev–Trinajstić information content (AvgIpc) is 3.27. The average molecular weight is 359 g/mol. The van der Waals surface area contributed by atoms with Gasteiger partial charge in [0.2, 0.25) is 0 Å². The normalized spacial score (nSPS) is 23.5. The molecule has 0 spiro atoms. The molecule has 2 fully saturated rings. The zero-order valence-corrected chi connectivity index (χ0v) is 15.7. The molecule has 0 aromatic carbocycles. The molecule has 2 aromatic rings. The second-order valence-corrected chi connectivity index (χ2v) is 7.29. The zero-order valence-electron chi connectivity index (χ0n) is 15.7. The quantitative estimate of drug-likeness (QED) is 0.837. The third-order valence-corrected chi connectivity index (χ3v) is 5.52. The summed E-state index contributed by atoms with van der Waals surface area (Å²) in [6.07, 6.45) is 0.0430. The van der Waals surface area contributed by atoms with Crippen molar-refractivity contribution in [2.75, 3.05) is 26.2 Å². The van der Waals surface area contributed by atoms with Gasteiger partial charge in [0.05, 0.1) is 30.0 Å². The van der Waals surface area contributed by atoms with Gasteiger partial charge in [-0.3, -0.25) is 9.69 Å². The maximum atomic E-state index is 12.9. The van der Waals surface area contributed by atoms with Gasteiger partial charge in [0.25, 0.3) is 5.91 Å². The number of hydrogen-bond acceptors (Lipinski definition) is 6. The topological polar surface area (TPSA) is 72.0 Å². The van der Waals surface area contributed by atoms with Gasteiger partial charge in [-0.1, -0.05) is 5.16 Å². The van der Waals surface area contributed by atoms with Crippen LogP contribution in [0.2, 0.25) is 0 Å². The van der Waals surface area contributed by atoms with E-state index in [9.17, 15) is 4.79 Å². The summed E-state index contributed by atoms with van der Waals surface area (Å²) < 4.78 is 16.8. The summed E-state index contributed by atoms with van der Waals surface area (Å²) in [7, 11) is 0. The summed E-state index contributed by atoms with van der Waals surface area (Å²) in [5, 5.41) is 4.05.